The molecule has 0 N–H and O–H groups in total. The molecule has 0 bridgehead atoms. The minimum Gasteiger partial charge on any atom is -0.409 e. The van der Waals surface area contributed by atoms with Crippen LogP contribution in [0.1, 0.15) is 155 Å². The first kappa shape index (κ1) is 48.0. The molecule has 0 aliphatic rings. The van der Waals surface area contributed by atoms with Crippen molar-refractivity contribution in [2.24, 2.45) is 0 Å². The predicted octanol–water partition coefficient (Wildman–Crippen LogP) is 15.0. The van der Waals surface area contributed by atoms with Crippen molar-refractivity contribution in [2.75, 3.05) is 12.7 Å². The molecule has 4 radical (unpaired) electrons. The average Bonchev–Trinajstić information content (AvgIpc) is 2.99. The number of rotatable bonds is 15. The Hall–Kier alpha value is -1.15. The van der Waals surface area contributed by atoms with Gasteiger partial charge in [0.1, 0.15) is 16.5 Å². The zero-order valence-corrected chi connectivity index (χ0v) is 44.6. The van der Waals surface area contributed by atoms with Crippen LogP contribution in [0.25, 0.3) is 0 Å². The van der Waals surface area contributed by atoms with Crippen molar-refractivity contribution in [2.45, 2.75) is 171 Å². The molecule has 0 heterocycles. The Morgan fingerprint density at radius 1 is 0.434 bits per heavy atom. The second-order valence-electron chi connectivity index (χ2n) is 19.4. The third kappa shape index (κ3) is 10.2. The Kier molecular flexibility index (Phi) is 16.7. The third-order valence-electron chi connectivity index (χ3n) is 10.5. The molecule has 53 heavy (non-hydrogen) atoms. The van der Waals surface area contributed by atoms with E-state index >= 15 is 0 Å². The molecule has 0 spiro atoms. The van der Waals surface area contributed by atoms with Crippen LogP contribution in [-0.2, 0) is 0 Å². The van der Waals surface area contributed by atoms with E-state index in [2.05, 4.69) is 203 Å². The largest absolute Gasteiger partial charge is 0.409 e. The van der Waals surface area contributed by atoms with Gasteiger partial charge in [0.25, 0.3) is 0 Å². The van der Waals surface area contributed by atoms with Crippen LogP contribution in [0.5, 0.6) is 0 Å². The number of para-hydroxylation sites is 3. The topological polar surface area (TPSA) is 9.72 Å². The van der Waals surface area contributed by atoms with Crippen LogP contribution in [0.2, 0.25) is 52.4 Å². The van der Waals surface area contributed by atoms with Crippen LogP contribution >= 0.6 is 11.1 Å². The SMILES string of the molecule is CC(C)c1cccc(C(C)C)c1N([Si](Cl)N(c1c(C(C)C)cccc1C(C)C)[Si](C)(C)N(c1c(C(C)C)cccc1C(C)C)[Si](C)(C)C)[Si](C)(C)C.[Ga].[HH].[HH]. The van der Waals surface area contributed by atoms with Crippen LogP contribution < -0.4 is 12.7 Å². The van der Waals surface area contributed by atoms with Gasteiger partial charge >= 0.3 is 8.43 Å². The summed E-state index contributed by atoms with van der Waals surface area (Å²) < 4.78 is 8.82. The standard InChI is InChI=1S/C44H75ClN3Si4.Ga.2H2/c1-30(2)36-24-21-25-37(31(3)4)42(36)46(50(13,14)15)49(45)47(43-38(32(5)6)26-22-27-39(43)33(7)8)52(19,20)48(51(16,17)18)44-40(34(9)10)28-23-29-41(44)35(11)12;;;/h21-35H,1-20H3;;2*1H. The zero-order valence-electron chi connectivity index (χ0n) is 37.5. The van der Waals surface area contributed by atoms with Gasteiger partial charge < -0.3 is 12.7 Å². The third-order valence-corrected chi connectivity index (χ3v) is 27.9. The number of halogens is 1. The van der Waals surface area contributed by atoms with Crippen molar-refractivity contribution in [3.05, 3.63) is 88.0 Å². The number of hydrogen-bond acceptors (Lipinski definition) is 3. The van der Waals surface area contributed by atoms with E-state index in [0.717, 1.165) is 0 Å². The maximum atomic E-state index is 8.66. The number of hydrogen-bond donors (Lipinski definition) is 0. The predicted molar refractivity (Wildman–Crippen MR) is 257 cm³/mol. The van der Waals surface area contributed by atoms with Crippen molar-refractivity contribution in [1.82, 2.24) is 0 Å². The molecule has 3 nitrogen and oxygen atoms in total. The zero-order chi connectivity index (χ0) is 39.8. The molecule has 3 rings (SSSR count). The van der Waals surface area contributed by atoms with Crippen molar-refractivity contribution in [1.29, 1.82) is 0 Å². The molecular formula is C44H79ClGaN3Si4. The van der Waals surface area contributed by atoms with E-state index in [1.165, 1.54) is 50.4 Å². The van der Waals surface area contributed by atoms with Gasteiger partial charge in [-0.25, -0.2) is 0 Å². The molecule has 3 aromatic carbocycles. The van der Waals surface area contributed by atoms with E-state index in [9.17, 15) is 0 Å². The van der Waals surface area contributed by atoms with Crippen molar-refractivity contribution in [3.8, 4) is 0 Å². The fourth-order valence-electron chi connectivity index (χ4n) is 8.24. The first-order chi connectivity index (χ1) is 23.8. The Morgan fingerprint density at radius 2 is 0.679 bits per heavy atom. The Balaban J connectivity index is 0.00000972. The minimum atomic E-state index is -2.69. The van der Waals surface area contributed by atoms with E-state index in [-0.39, 0.29) is 22.6 Å². The first-order valence-corrected chi connectivity index (χ1v) is 32.3. The molecule has 0 aromatic heterocycles. The molecule has 0 aliphatic heterocycles. The summed E-state index contributed by atoms with van der Waals surface area (Å²) >= 11 is 8.66. The maximum Gasteiger partial charge on any atom is 0.398 e. The number of anilines is 3. The van der Waals surface area contributed by atoms with E-state index in [1.807, 2.05) is 0 Å². The molecule has 0 fully saturated rings. The second-order valence-corrected chi connectivity index (χ2v) is 36.6. The molecule has 9 heteroatoms. The summed E-state index contributed by atoms with van der Waals surface area (Å²) in [5, 5.41) is 0. The monoisotopic (exact) mass is 865 g/mol. The molecule has 0 saturated carbocycles. The van der Waals surface area contributed by atoms with E-state index in [1.54, 1.807) is 0 Å². The quantitative estimate of drug-likeness (QED) is 0.111. The normalized spacial score (nSPS) is 12.9. The van der Waals surface area contributed by atoms with Gasteiger partial charge in [-0.05, 0) is 82.0 Å². The second kappa shape index (κ2) is 18.4. The molecule has 0 amide bonds. The van der Waals surface area contributed by atoms with Gasteiger partial charge in [0.05, 0.1) is 0 Å². The van der Waals surface area contributed by atoms with Crippen molar-refractivity contribution >= 4 is 81.2 Å². The summed E-state index contributed by atoms with van der Waals surface area (Å²) in [5.41, 5.74) is 12.9. The summed E-state index contributed by atoms with van der Waals surface area (Å²) in [6.45, 7) is 49.0. The maximum absolute atomic E-state index is 8.66. The van der Waals surface area contributed by atoms with Gasteiger partial charge in [-0.1, -0.05) is 177 Å². The van der Waals surface area contributed by atoms with Crippen LogP contribution in [0.3, 0.4) is 0 Å². The molecule has 0 atom stereocenters. The van der Waals surface area contributed by atoms with Crippen LogP contribution in [0, 0.1) is 0 Å². The summed E-state index contributed by atoms with van der Waals surface area (Å²) in [5.74, 6) is 2.30. The summed E-state index contributed by atoms with van der Waals surface area (Å²) in [7, 11) is -8.80. The van der Waals surface area contributed by atoms with E-state index in [0.29, 0.717) is 35.5 Å². The molecule has 0 aliphatic carbocycles. The first-order valence-electron chi connectivity index (χ1n) is 20.1. The van der Waals surface area contributed by atoms with Gasteiger partial charge in [0, 0.05) is 39.7 Å². The summed E-state index contributed by atoms with van der Waals surface area (Å²) in [4.78, 5) is 0. The Morgan fingerprint density at radius 3 is 0.906 bits per heavy atom. The van der Waals surface area contributed by atoms with Gasteiger partial charge in [0.15, 0.2) is 0 Å². The fourth-order valence-corrected chi connectivity index (χ4v) is 30.0. The average molecular weight is 868 g/mol. The van der Waals surface area contributed by atoms with Gasteiger partial charge in [0.2, 0.25) is 8.40 Å². The molecule has 0 saturated heterocycles. The van der Waals surface area contributed by atoms with E-state index < -0.39 is 33.3 Å². The minimum absolute atomic E-state index is 0. The Bertz CT molecular complexity index is 1590. The van der Waals surface area contributed by atoms with Gasteiger partial charge in [-0.15, -0.1) is 11.1 Å². The van der Waals surface area contributed by atoms with Gasteiger partial charge in [-0.3, -0.25) is 0 Å². The van der Waals surface area contributed by atoms with Crippen molar-refractivity contribution in [3.63, 3.8) is 0 Å². The van der Waals surface area contributed by atoms with Crippen molar-refractivity contribution < 1.29 is 2.85 Å². The molecular weight excluding hydrogens is 788 g/mol. The Labute approximate surface area is 353 Å². The smallest absolute Gasteiger partial charge is 0.398 e. The summed E-state index contributed by atoms with van der Waals surface area (Å²) in [6.07, 6.45) is 0. The van der Waals surface area contributed by atoms with Crippen LogP contribution in [-0.4, -0.2) is 53.1 Å². The van der Waals surface area contributed by atoms with Crippen LogP contribution in [0.4, 0.5) is 17.1 Å². The summed E-state index contributed by atoms with van der Waals surface area (Å²) in [6, 6.07) is 21.2. The fraction of sp³-hybridized carbons (Fsp3) is 0.591. The van der Waals surface area contributed by atoms with E-state index in [4.69, 9.17) is 11.1 Å². The molecule has 0 unspecified atom stereocenters. The number of nitrogens with zero attached hydrogens (tertiary/aromatic N) is 3. The van der Waals surface area contributed by atoms with Gasteiger partial charge in [-0.2, -0.15) is 0 Å². The molecule has 296 valence electrons. The van der Waals surface area contributed by atoms with Crippen LogP contribution in [0.15, 0.2) is 54.6 Å². The molecule has 3 aromatic rings. The number of benzene rings is 3.